The van der Waals surface area contributed by atoms with Gasteiger partial charge in [0.2, 0.25) is 5.67 Å². The molecular weight excluding hydrogens is 524 g/mol. The van der Waals surface area contributed by atoms with Crippen molar-refractivity contribution in [3.05, 3.63) is 63.4 Å². The van der Waals surface area contributed by atoms with E-state index in [4.69, 9.17) is 18.5 Å². The Morgan fingerprint density at radius 1 is 1.29 bits per heavy atom. The van der Waals surface area contributed by atoms with E-state index in [-0.39, 0.29) is 5.75 Å². The highest BCUT2D eigenvalue weighted by Crippen LogP contribution is 2.47. The molecule has 3 N–H and O–H groups in total. The quantitative estimate of drug-likeness (QED) is 0.224. The zero-order chi connectivity index (χ0) is 28.1. The number of rotatable bonds is 10. The van der Waals surface area contributed by atoms with Crippen LogP contribution < -0.4 is 20.9 Å². The number of aromatic nitrogens is 2. The Labute approximate surface area is 217 Å². The van der Waals surface area contributed by atoms with Crippen LogP contribution in [0.2, 0.25) is 0 Å². The fraction of sp³-hybridized carbons (Fsp3) is 0.458. The molecule has 1 fully saturated rings. The van der Waals surface area contributed by atoms with E-state index >= 15 is 4.39 Å². The Morgan fingerprint density at radius 3 is 2.58 bits per heavy atom. The topological polar surface area (TPSA) is 158 Å². The van der Waals surface area contributed by atoms with E-state index in [0.717, 1.165) is 16.8 Å². The highest BCUT2D eigenvalue weighted by atomic mass is 31.2. The van der Waals surface area contributed by atoms with Crippen LogP contribution in [0.5, 0.6) is 5.75 Å². The van der Waals surface area contributed by atoms with E-state index in [2.05, 4.69) is 16.9 Å². The largest absolute Gasteiger partial charge is 0.462 e. The average molecular weight is 553 g/mol. The van der Waals surface area contributed by atoms with E-state index in [9.17, 15) is 24.1 Å². The molecule has 0 bridgehead atoms. The summed E-state index contributed by atoms with van der Waals surface area (Å²) in [5.41, 5.74) is -4.50. The zero-order valence-electron chi connectivity index (χ0n) is 21.1. The molecule has 1 saturated heterocycles. The summed E-state index contributed by atoms with van der Waals surface area (Å²) < 4.78 is 52.1. The lowest BCUT2D eigenvalue weighted by atomic mass is 9.96. The molecular formula is C24H29FN3O9P. The number of alkyl halides is 1. The molecule has 12 nitrogen and oxygen atoms in total. The number of esters is 1. The molecule has 0 aliphatic carbocycles. The van der Waals surface area contributed by atoms with Gasteiger partial charge in [-0.2, -0.15) is 5.09 Å². The number of carbonyl (C=O) groups is 1. The Kier molecular flexibility index (Phi) is 9.30. The molecule has 0 spiro atoms. The van der Waals surface area contributed by atoms with Crippen LogP contribution in [0.25, 0.3) is 0 Å². The maximum absolute atomic E-state index is 16.0. The van der Waals surface area contributed by atoms with Gasteiger partial charge in [-0.25, -0.2) is 13.8 Å². The maximum Gasteiger partial charge on any atom is 0.459 e. The number of benzene rings is 1. The van der Waals surface area contributed by atoms with E-state index in [1.54, 1.807) is 32.0 Å². The van der Waals surface area contributed by atoms with Gasteiger partial charge in [0.25, 0.3) is 5.56 Å². The number of halogens is 1. The fourth-order valence-electron chi connectivity index (χ4n) is 3.60. The number of carbonyl (C=O) groups excluding carboxylic acids is 1. The first kappa shape index (κ1) is 29.3. The molecule has 1 aromatic carbocycles. The molecule has 0 radical (unpaired) electrons. The number of nitrogens with one attached hydrogen (secondary N) is 2. The molecule has 0 saturated carbocycles. The van der Waals surface area contributed by atoms with Crippen LogP contribution in [0.15, 0.2) is 52.2 Å². The van der Waals surface area contributed by atoms with Gasteiger partial charge in [0, 0.05) is 12.3 Å². The molecule has 0 amide bonds. The maximum atomic E-state index is 16.0. The van der Waals surface area contributed by atoms with Crippen LogP contribution in [0.1, 0.15) is 33.9 Å². The van der Waals surface area contributed by atoms with Gasteiger partial charge in [-0.1, -0.05) is 24.1 Å². The van der Waals surface area contributed by atoms with E-state index in [1.807, 2.05) is 4.98 Å². The first-order valence-electron chi connectivity index (χ1n) is 11.6. The number of aliphatic hydroxyl groups excluding tert-OH is 1. The van der Waals surface area contributed by atoms with E-state index < -0.39 is 67.8 Å². The summed E-state index contributed by atoms with van der Waals surface area (Å²) in [6.07, 6.45) is -4.66. The van der Waals surface area contributed by atoms with E-state index in [1.165, 1.54) is 26.0 Å². The van der Waals surface area contributed by atoms with Crippen molar-refractivity contribution >= 4 is 13.7 Å². The summed E-state index contributed by atoms with van der Waals surface area (Å²) in [5, 5.41) is 13.2. The van der Waals surface area contributed by atoms with Gasteiger partial charge >= 0.3 is 19.4 Å². The molecule has 6 atom stereocenters. The number of aromatic amines is 1. The molecule has 2 heterocycles. The number of para-hydroxylation sites is 1. The molecule has 38 heavy (non-hydrogen) atoms. The Balaban J connectivity index is 1.86. The van der Waals surface area contributed by atoms with Gasteiger partial charge < -0.3 is 19.1 Å². The molecule has 1 aliphatic rings. The minimum Gasteiger partial charge on any atom is -0.462 e. The summed E-state index contributed by atoms with van der Waals surface area (Å²) in [5.74, 6) is 3.98. The SMILES string of the molecule is CC#C[C@@]1(F)[C@H](O)[C@@H](CO[P@@](=O)(N[C@@H](C)C(=O)OC(C)C)Oc2ccccc2)O[C@H]1n1ccc(=O)[nH]c1=O. The van der Waals surface area contributed by atoms with Crippen LogP contribution in [0.3, 0.4) is 0 Å². The molecule has 206 valence electrons. The van der Waals surface area contributed by atoms with Crippen molar-refractivity contribution in [2.24, 2.45) is 0 Å². The van der Waals surface area contributed by atoms with Crippen LogP contribution in [-0.2, 0) is 23.4 Å². The number of aliphatic hydroxyl groups is 1. The second kappa shape index (κ2) is 12.1. The van der Waals surface area contributed by atoms with Gasteiger partial charge in [0.15, 0.2) is 6.23 Å². The molecule has 1 aliphatic heterocycles. The van der Waals surface area contributed by atoms with Crippen molar-refractivity contribution < 1.29 is 37.4 Å². The van der Waals surface area contributed by atoms with Gasteiger partial charge in [0.1, 0.15) is 24.0 Å². The lowest BCUT2D eigenvalue weighted by molar-refractivity contribution is -0.149. The van der Waals surface area contributed by atoms with Gasteiger partial charge in [0.05, 0.1) is 12.7 Å². The normalized spacial score (nSPS) is 25.2. The predicted octanol–water partition coefficient (Wildman–Crippen LogP) is 1.66. The van der Waals surface area contributed by atoms with Crippen molar-refractivity contribution in [1.82, 2.24) is 14.6 Å². The second-order valence-electron chi connectivity index (χ2n) is 8.67. The summed E-state index contributed by atoms with van der Waals surface area (Å²) in [6.45, 7) is 5.31. The number of hydrogen-bond donors (Lipinski definition) is 3. The van der Waals surface area contributed by atoms with Crippen molar-refractivity contribution in [2.75, 3.05) is 6.61 Å². The number of hydrogen-bond acceptors (Lipinski definition) is 9. The first-order chi connectivity index (χ1) is 17.9. The number of H-pyrrole nitrogens is 1. The van der Waals surface area contributed by atoms with Gasteiger partial charge in [-0.05, 0) is 39.8 Å². The van der Waals surface area contributed by atoms with Gasteiger partial charge in [-0.15, -0.1) is 5.92 Å². The third kappa shape index (κ3) is 6.78. The molecule has 1 aromatic heterocycles. The zero-order valence-corrected chi connectivity index (χ0v) is 22.0. The Hall–Kier alpha value is -3.27. The predicted molar refractivity (Wildman–Crippen MR) is 133 cm³/mol. The molecule has 14 heteroatoms. The summed E-state index contributed by atoms with van der Waals surface area (Å²) in [4.78, 5) is 38.0. The van der Waals surface area contributed by atoms with Crippen molar-refractivity contribution in [1.29, 1.82) is 0 Å². The molecule has 2 aromatic rings. The lowest BCUT2D eigenvalue weighted by Gasteiger charge is -2.25. The summed E-state index contributed by atoms with van der Waals surface area (Å²) in [7, 11) is -4.36. The second-order valence-corrected chi connectivity index (χ2v) is 10.4. The standard InChI is InChI=1S/C24H29FN3O9P/c1-5-12-24(25)20(30)18(36-22(24)28-13-11-19(29)26-23(28)32)14-34-38(33,37-17-9-7-6-8-10-17)27-16(4)21(31)35-15(2)3/h6-11,13,15-16,18,20,22,30H,14H2,1-4H3,(H,27,33)(H,26,29,32)/t16-,18+,20+,22+,24+,38-/m0/s1. The molecule has 3 rings (SSSR count). The lowest BCUT2D eigenvalue weighted by Crippen LogP contribution is -2.45. The Morgan fingerprint density at radius 2 is 1.97 bits per heavy atom. The van der Waals surface area contributed by atoms with Crippen molar-refractivity contribution in [2.45, 2.75) is 63.9 Å². The van der Waals surface area contributed by atoms with Crippen LogP contribution >= 0.6 is 7.75 Å². The van der Waals surface area contributed by atoms with Crippen molar-refractivity contribution in [3.63, 3.8) is 0 Å². The number of nitrogens with zero attached hydrogens (tertiary/aromatic N) is 1. The van der Waals surface area contributed by atoms with Crippen LogP contribution in [0, 0.1) is 11.8 Å². The van der Waals surface area contributed by atoms with Crippen LogP contribution in [0.4, 0.5) is 4.39 Å². The minimum absolute atomic E-state index is 0.134. The summed E-state index contributed by atoms with van der Waals surface area (Å²) in [6, 6.07) is 7.77. The Bertz CT molecular complexity index is 1350. The third-order valence-corrected chi connectivity index (χ3v) is 6.94. The van der Waals surface area contributed by atoms with Gasteiger partial charge in [-0.3, -0.25) is 23.7 Å². The third-order valence-electron chi connectivity index (χ3n) is 5.30. The highest BCUT2D eigenvalue weighted by Gasteiger charge is 2.58. The number of ether oxygens (including phenoxy) is 2. The minimum atomic E-state index is -4.36. The summed E-state index contributed by atoms with van der Waals surface area (Å²) >= 11 is 0. The van der Waals surface area contributed by atoms with Crippen molar-refractivity contribution in [3.8, 4) is 17.6 Å². The van der Waals surface area contributed by atoms with Crippen LogP contribution in [-0.4, -0.2) is 57.3 Å². The van der Waals surface area contributed by atoms with E-state index in [0.29, 0.717) is 0 Å². The smallest absolute Gasteiger partial charge is 0.459 e. The fourth-order valence-corrected chi connectivity index (χ4v) is 5.10. The average Bonchev–Trinajstić information content (AvgIpc) is 3.08. The first-order valence-corrected chi connectivity index (χ1v) is 13.2. The molecule has 0 unspecified atom stereocenters. The highest BCUT2D eigenvalue weighted by molar-refractivity contribution is 7.52. The monoisotopic (exact) mass is 553 g/mol.